The summed E-state index contributed by atoms with van der Waals surface area (Å²) in [4.78, 5) is 0. The second-order valence-electron chi connectivity index (χ2n) is 2.58. The SMILES string of the molecule is CCCC(C)C(F)(F)CI. The van der Waals surface area contributed by atoms with E-state index >= 15 is 0 Å². The van der Waals surface area contributed by atoms with Crippen molar-refractivity contribution < 1.29 is 8.78 Å². The molecule has 0 aliphatic carbocycles. The van der Waals surface area contributed by atoms with Crippen LogP contribution in [0.3, 0.4) is 0 Å². The molecule has 0 aliphatic heterocycles. The van der Waals surface area contributed by atoms with Crippen molar-refractivity contribution >= 4 is 22.6 Å². The molecule has 0 N–H and O–H groups in total. The summed E-state index contributed by atoms with van der Waals surface area (Å²) < 4.78 is 25.4. The highest BCUT2D eigenvalue weighted by atomic mass is 127. The smallest absolute Gasteiger partial charge is 0.206 e. The molecule has 0 aromatic heterocycles. The van der Waals surface area contributed by atoms with E-state index in [2.05, 4.69) is 0 Å². The molecule has 62 valence electrons. The van der Waals surface area contributed by atoms with Crippen molar-refractivity contribution in [3.05, 3.63) is 0 Å². The maximum absolute atomic E-state index is 12.7. The van der Waals surface area contributed by atoms with Crippen LogP contribution in [0.4, 0.5) is 8.78 Å². The van der Waals surface area contributed by atoms with Crippen molar-refractivity contribution in [2.24, 2.45) is 5.92 Å². The Labute approximate surface area is 74.5 Å². The zero-order valence-electron chi connectivity index (χ0n) is 6.33. The number of hydrogen-bond acceptors (Lipinski definition) is 0. The van der Waals surface area contributed by atoms with Crippen LogP contribution in [0, 0.1) is 5.92 Å². The van der Waals surface area contributed by atoms with Gasteiger partial charge in [0.25, 0.3) is 5.92 Å². The van der Waals surface area contributed by atoms with Crippen molar-refractivity contribution in [1.82, 2.24) is 0 Å². The predicted molar refractivity (Wildman–Crippen MR) is 47.9 cm³/mol. The van der Waals surface area contributed by atoms with Crippen LogP contribution in [-0.4, -0.2) is 10.4 Å². The molecular formula is C7H13F2I. The van der Waals surface area contributed by atoms with Gasteiger partial charge in [-0.2, -0.15) is 0 Å². The largest absolute Gasteiger partial charge is 0.259 e. The van der Waals surface area contributed by atoms with Crippen molar-refractivity contribution in [3.8, 4) is 0 Å². The molecule has 0 saturated heterocycles. The zero-order chi connectivity index (χ0) is 8.20. The van der Waals surface area contributed by atoms with Gasteiger partial charge in [0.2, 0.25) is 0 Å². The molecule has 0 amide bonds. The van der Waals surface area contributed by atoms with Crippen molar-refractivity contribution in [2.75, 3.05) is 4.43 Å². The molecule has 0 radical (unpaired) electrons. The minimum Gasteiger partial charge on any atom is -0.206 e. The normalized spacial score (nSPS) is 15.3. The Morgan fingerprint density at radius 1 is 1.50 bits per heavy atom. The van der Waals surface area contributed by atoms with Gasteiger partial charge >= 0.3 is 0 Å². The molecule has 0 fully saturated rings. The molecule has 1 unspecified atom stereocenters. The van der Waals surface area contributed by atoms with Crippen LogP contribution in [0.25, 0.3) is 0 Å². The van der Waals surface area contributed by atoms with E-state index in [1.54, 1.807) is 29.5 Å². The lowest BCUT2D eigenvalue weighted by molar-refractivity contribution is -0.0275. The molecule has 0 aliphatic rings. The Morgan fingerprint density at radius 2 is 2.00 bits per heavy atom. The third-order valence-electron chi connectivity index (χ3n) is 1.62. The van der Waals surface area contributed by atoms with Gasteiger partial charge in [0.05, 0.1) is 4.43 Å². The molecule has 3 heteroatoms. The van der Waals surface area contributed by atoms with Gasteiger partial charge in [-0.25, -0.2) is 8.78 Å². The Kier molecular flexibility index (Phi) is 4.73. The van der Waals surface area contributed by atoms with Crippen LogP contribution in [0.2, 0.25) is 0 Å². The maximum atomic E-state index is 12.7. The third kappa shape index (κ3) is 3.12. The maximum Gasteiger partial charge on any atom is 0.259 e. The minimum absolute atomic E-state index is 0.0636. The van der Waals surface area contributed by atoms with Crippen LogP contribution in [-0.2, 0) is 0 Å². The van der Waals surface area contributed by atoms with Gasteiger partial charge in [0, 0.05) is 5.92 Å². The Balaban J connectivity index is 3.78. The van der Waals surface area contributed by atoms with E-state index in [1.165, 1.54) is 0 Å². The first-order chi connectivity index (χ1) is 4.54. The number of halogens is 3. The van der Waals surface area contributed by atoms with E-state index in [0.717, 1.165) is 6.42 Å². The molecule has 0 spiro atoms. The van der Waals surface area contributed by atoms with Gasteiger partial charge in [-0.1, -0.05) is 42.9 Å². The number of alkyl halides is 3. The first-order valence-electron chi connectivity index (χ1n) is 3.48. The van der Waals surface area contributed by atoms with Gasteiger partial charge in [0.1, 0.15) is 0 Å². The van der Waals surface area contributed by atoms with Gasteiger partial charge in [-0.3, -0.25) is 0 Å². The van der Waals surface area contributed by atoms with E-state index in [4.69, 9.17) is 0 Å². The quantitative estimate of drug-likeness (QED) is 0.537. The van der Waals surface area contributed by atoms with Gasteiger partial charge in [-0.15, -0.1) is 0 Å². The fourth-order valence-corrected chi connectivity index (χ4v) is 1.53. The summed E-state index contributed by atoms with van der Waals surface area (Å²) in [5.41, 5.74) is 0. The topological polar surface area (TPSA) is 0 Å². The van der Waals surface area contributed by atoms with E-state index < -0.39 is 11.8 Å². The van der Waals surface area contributed by atoms with Crippen molar-refractivity contribution in [1.29, 1.82) is 0 Å². The molecule has 10 heavy (non-hydrogen) atoms. The lowest BCUT2D eigenvalue weighted by Crippen LogP contribution is -2.27. The Hall–Kier alpha value is 0.590. The fraction of sp³-hybridized carbons (Fsp3) is 1.00. The van der Waals surface area contributed by atoms with Crippen molar-refractivity contribution in [3.63, 3.8) is 0 Å². The molecule has 0 aromatic carbocycles. The minimum atomic E-state index is -2.46. The Bertz CT molecular complexity index is 93.6. The fourth-order valence-electron chi connectivity index (χ4n) is 0.776. The van der Waals surface area contributed by atoms with Crippen LogP contribution in [0.1, 0.15) is 26.7 Å². The average Bonchev–Trinajstić information content (AvgIpc) is 1.89. The molecule has 0 nitrogen and oxygen atoms in total. The van der Waals surface area contributed by atoms with E-state index in [0.29, 0.717) is 6.42 Å². The number of rotatable bonds is 4. The summed E-state index contributed by atoms with van der Waals surface area (Å²) in [6.07, 6.45) is 1.46. The molecule has 1 atom stereocenters. The second-order valence-corrected chi connectivity index (χ2v) is 3.35. The average molecular weight is 262 g/mol. The predicted octanol–water partition coefficient (Wildman–Crippen LogP) is 3.49. The first kappa shape index (κ1) is 10.6. The zero-order valence-corrected chi connectivity index (χ0v) is 8.49. The summed E-state index contributed by atoms with van der Waals surface area (Å²) >= 11 is 1.74. The lowest BCUT2D eigenvalue weighted by atomic mass is 10.0. The first-order valence-corrected chi connectivity index (χ1v) is 5.01. The van der Waals surface area contributed by atoms with Gasteiger partial charge < -0.3 is 0 Å². The van der Waals surface area contributed by atoms with E-state index in [1.807, 2.05) is 6.92 Å². The summed E-state index contributed by atoms with van der Waals surface area (Å²) in [5, 5.41) is 0. The highest BCUT2D eigenvalue weighted by molar-refractivity contribution is 14.1. The molecule has 0 aromatic rings. The summed E-state index contributed by atoms with van der Waals surface area (Å²) in [6, 6.07) is 0. The highest BCUT2D eigenvalue weighted by Gasteiger charge is 2.33. The highest BCUT2D eigenvalue weighted by Crippen LogP contribution is 2.29. The summed E-state index contributed by atoms with van der Waals surface area (Å²) in [6.45, 7) is 3.54. The molecule has 0 saturated carbocycles. The van der Waals surface area contributed by atoms with Gasteiger partial charge in [-0.05, 0) is 6.42 Å². The van der Waals surface area contributed by atoms with Crippen LogP contribution < -0.4 is 0 Å². The molecule has 0 heterocycles. The van der Waals surface area contributed by atoms with E-state index in [-0.39, 0.29) is 4.43 Å². The second kappa shape index (κ2) is 4.46. The monoisotopic (exact) mass is 262 g/mol. The van der Waals surface area contributed by atoms with Crippen LogP contribution in [0.15, 0.2) is 0 Å². The van der Waals surface area contributed by atoms with E-state index in [9.17, 15) is 8.78 Å². The Morgan fingerprint density at radius 3 is 2.30 bits per heavy atom. The number of hydrogen-bond donors (Lipinski definition) is 0. The van der Waals surface area contributed by atoms with Crippen molar-refractivity contribution in [2.45, 2.75) is 32.6 Å². The third-order valence-corrected chi connectivity index (χ3v) is 2.64. The molecule has 0 rings (SSSR count). The van der Waals surface area contributed by atoms with Gasteiger partial charge in [0.15, 0.2) is 0 Å². The van der Waals surface area contributed by atoms with Crippen LogP contribution >= 0.6 is 22.6 Å². The molecular weight excluding hydrogens is 249 g/mol. The summed E-state index contributed by atoms with van der Waals surface area (Å²) in [5.74, 6) is -2.93. The van der Waals surface area contributed by atoms with Crippen LogP contribution in [0.5, 0.6) is 0 Å². The molecule has 0 bridgehead atoms. The lowest BCUT2D eigenvalue weighted by Gasteiger charge is -2.20. The standard InChI is InChI=1S/C7H13F2I/c1-3-4-6(2)7(8,9)5-10/h6H,3-5H2,1-2H3. The summed E-state index contributed by atoms with van der Waals surface area (Å²) in [7, 11) is 0.